The summed E-state index contributed by atoms with van der Waals surface area (Å²) in [5.74, 6) is 7.15. The number of fused-ring (bicyclic) bond motifs is 5. The highest BCUT2D eigenvalue weighted by Crippen LogP contribution is 2.68. The highest BCUT2D eigenvalue weighted by Gasteiger charge is 2.59. The molecule has 4 aliphatic carbocycles. The van der Waals surface area contributed by atoms with Crippen LogP contribution < -0.4 is 0 Å². The normalized spacial score (nSPS) is 48.0. The van der Waals surface area contributed by atoms with Gasteiger partial charge in [0.15, 0.2) is 0 Å². The van der Waals surface area contributed by atoms with E-state index in [4.69, 9.17) is 0 Å². The summed E-state index contributed by atoms with van der Waals surface area (Å²) in [6, 6.07) is 0. The Morgan fingerprint density at radius 3 is 2.30 bits per heavy atom. The molecule has 0 nitrogen and oxygen atoms in total. The smallest absolute Gasteiger partial charge is 0.0264 e. The predicted octanol–water partition coefficient (Wildman–Crippen LogP) is 8.50. The first-order chi connectivity index (χ1) is 12.9. The van der Waals surface area contributed by atoms with Gasteiger partial charge in [0, 0.05) is 0 Å². The van der Waals surface area contributed by atoms with Gasteiger partial charge in [0.1, 0.15) is 0 Å². The Labute approximate surface area is 170 Å². The van der Waals surface area contributed by atoms with Gasteiger partial charge in [0.2, 0.25) is 0 Å². The van der Waals surface area contributed by atoms with Crippen LogP contribution in [-0.2, 0) is 0 Å². The monoisotopic (exact) mass is 372 g/mol. The first-order valence-electron chi connectivity index (χ1n) is 12.9. The molecular weight excluding hydrogens is 324 g/mol. The van der Waals surface area contributed by atoms with Crippen molar-refractivity contribution < 1.29 is 0 Å². The molecule has 0 aromatic carbocycles. The predicted molar refractivity (Wildman–Crippen MR) is 118 cm³/mol. The van der Waals surface area contributed by atoms with Gasteiger partial charge in [-0.05, 0) is 104 Å². The number of rotatable bonds is 5. The summed E-state index contributed by atoms with van der Waals surface area (Å²) in [6.07, 6.45) is 19.9. The second-order valence-corrected chi connectivity index (χ2v) is 12.4. The van der Waals surface area contributed by atoms with Gasteiger partial charge in [-0.15, -0.1) is 0 Å². The Balaban J connectivity index is 1.46. The number of hydrogen-bond donors (Lipinski definition) is 0. The minimum atomic E-state index is 0.677. The van der Waals surface area contributed by atoms with Gasteiger partial charge in [0.05, 0.1) is 0 Å². The van der Waals surface area contributed by atoms with Crippen LogP contribution in [0.4, 0.5) is 0 Å². The van der Waals surface area contributed by atoms with Crippen molar-refractivity contribution in [2.45, 2.75) is 118 Å². The summed E-state index contributed by atoms with van der Waals surface area (Å²) in [5.41, 5.74) is 1.39. The molecule has 0 aromatic rings. The third kappa shape index (κ3) is 3.44. The molecule has 0 radical (unpaired) electrons. The fourth-order valence-corrected chi connectivity index (χ4v) is 9.32. The maximum atomic E-state index is 2.75. The SMILES string of the molecule is CC(C)CCC[C@H](C)[C@@H]1CC[C@H]2[C@@H]3CC[C@@H]4CCCC[C@]4(C)[C@H]3CC[C@@]21C. The van der Waals surface area contributed by atoms with Crippen molar-refractivity contribution in [2.75, 3.05) is 0 Å². The van der Waals surface area contributed by atoms with E-state index in [1.807, 2.05) is 0 Å². The molecule has 0 saturated heterocycles. The second-order valence-electron chi connectivity index (χ2n) is 12.4. The average Bonchev–Trinajstić information content (AvgIpc) is 2.98. The fourth-order valence-electron chi connectivity index (χ4n) is 9.32. The van der Waals surface area contributed by atoms with E-state index in [9.17, 15) is 0 Å². The minimum Gasteiger partial charge on any atom is -0.0628 e. The molecule has 0 N–H and O–H groups in total. The maximum Gasteiger partial charge on any atom is -0.0264 e. The van der Waals surface area contributed by atoms with E-state index in [1.54, 1.807) is 51.4 Å². The third-order valence-corrected chi connectivity index (χ3v) is 10.8. The van der Waals surface area contributed by atoms with Gasteiger partial charge >= 0.3 is 0 Å². The molecule has 0 unspecified atom stereocenters. The lowest BCUT2D eigenvalue weighted by Gasteiger charge is -2.61. The van der Waals surface area contributed by atoms with Crippen molar-refractivity contribution in [3.05, 3.63) is 0 Å². The molecule has 4 saturated carbocycles. The van der Waals surface area contributed by atoms with Crippen molar-refractivity contribution in [1.82, 2.24) is 0 Å². The van der Waals surface area contributed by atoms with Crippen LogP contribution in [-0.4, -0.2) is 0 Å². The van der Waals surface area contributed by atoms with Gasteiger partial charge in [-0.3, -0.25) is 0 Å². The molecule has 4 rings (SSSR count). The molecule has 0 bridgehead atoms. The Morgan fingerprint density at radius 1 is 0.741 bits per heavy atom. The summed E-state index contributed by atoms with van der Waals surface area (Å²) in [6.45, 7) is 12.9. The lowest BCUT2D eigenvalue weighted by molar-refractivity contribution is -0.114. The molecule has 0 heteroatoms. The van der Waals surface area contributed by atoms with Gasteiger partial charge in [0.25, 0.3) is 0 Å². The van der Waals surface area contributed by atoms with Gasteiger partial charge in [-0.25, -0.2) is 0 Å². The quantitative estimate of drug-likeness (QED) is 0.453. The first-order valence-corrected chi connectivity index (χ1v) is 12.9. The first kappa shape index (κ1) is 20.3. The van der Waals surface area contributed by atoms with E-state index >= 15 is 0 Å². The molecule has 4 fully saturated rings. The van der Waals surface area contributed by atoms with Crippen molar-refractivity contribution >= 4 is 0 Å². The summed E-state index contributed by atoms with van der Waals surface area (Å²) in [4.78, 5) is 0. The molecule has 0 heterocycles. The lowest BCUT2D eigenvalue weighted by Crippen LogP contribution is -2.53. The van der Waals surface area contributed by atoms with E-state index in [2.05, 4.69) is 34.6 Å². The van der Waals surface area contributed by atoms with Crippen LogP contribution in [0.2, 0.25) is 0 Å². The van der Waals surface area contributed by atoms with Crippen LogP contribution in [0.15, 0.2) is 0 Å². The zero-order chi connectivity index (χ0) is 19.2. The van der Waals surface area contributed by atoms with Crippen LogP contribution >= 0.6 is 0 Å². The second kappa shape index (κ2) is 7.68. The molecule has 8 atom stereocenters. The van der Waals surface area contributed by atoms with E-state index in [0.29, 0.717) is 10.8 Å². The molecule has 27 heavy (non-hydrogen) atoms. The summed E-state index contributed by atoms with van der Waals surface area (Å²) < 4.78 is 0. The Bertz CT molecular complexity index is 506. The van der Waals surface area contributed by atoms with Crippen LogP contribution in [0.1, 0.15) is 118 Å². The molecule has 0 aromatic heterocycles. The third-order valence-electron chi connectivity index (χ3n) is 10.8. The Kier molecular flexibility index (Phi) is 5.77. The minimum absolute atomic E-state index is 0.677. The largest absolute Gasteiger partial charge is 0.0628 e. The van der Waals surface area contributed by atoms with Gasteiger partial charge < -0.3 is 0 Å². The molecule has 0 amide bonds. The molecule has 4 aliphatic rings. The zero-order valence-corrected chi connectivity index (χ0v) is 19.2. The number of hydrogen-bond acceptors (Lipinski definition) is 0. The van der Waals surface area contributed by atoms with Crippen LogP contribution in [0.3, 0.4) is 0 Å². The topological polar surface area (TPSA) is 0 Å². The van der Waals surface area contributed by atoms with Crippen LogP contribution in [0.5, 0.6) is 0 Å². The summed E-state index contributed by atoms with van der Waals surface area (Å²) in [7, 11) is 0. The van der Waals surface area contributed by atoms with Crippen molar-refractivity contribution in [2.24, 2.45) is 52.3 Å². The van der Waals surface area contributed by atoms with Crippen molar-refractivity contribution in [3.8, 4) is 0 Å². The Morgan fingerprint density at radius 2 is 1.52 bits per heavy atom. The molecular formula is C27H48. The van der Waals surface area contributed by atoms with E-state index in [-0.39, 0.29) is 0 Å². The van der Waals surface area contributed by atoms with Gasteiger partial charge in [-0.2, -0.15) is 0 Å². The fraction of sp³-hybridized carbons (Fsp3) is 1.00. The average molecular weight is 373 g/mol. The maximum absolute atomic E-state index is 2.75. The van der Waals surface area contributed by atoms with Crippen LogP contribution in [0.25, 0.3) is 0 Å². The molecule has 156 valence electrons. The van der Waals surface area contributed by atoms with E-state index < -0.39 is 0 Å². The van der Waals surface area contributed by atoms with Crippen molar-refractivity contribution in [3.63, 3.8) is 0 Å². The standard InChI is InChI=1S/C27H48/c1-19(2)9-8-10-20(3)23-14-15-24-22-13-12-21-11-6-7-17-26(21,4)25(22)16-18-27(23,24)5/h19-25H,6-18H2,1-5H3/t20-,21-,22-,23-,24-,25-,26-,27+/m0/s1. The lowest BCUT2D eigenvalue weighted by atomic mass is 9.44. The highest BCUT2D eigenvalue weighted by molar-refractivity contribution is 5.09. The highest BCUT2D eigenvalue weighted by atomic mass is 14.6. The molecule has 0 aliphatic heterocycles. The van der Waals surface area contributed by atoms with Crippen LogP contribution in [0, 0.1) is 52.3 Å². The summed E-state index contributed by atoms with van der Waals surface area (Å²) in [5, 5.41) is 0. The molecule has 0 spiro atoms. The van der Waals surface area contributed by atoms with Crippen molar-refractivity contribution in [1.29, 1.82) is 0 Å². The Hall–Kier alpha value is 0. The zero-order valence-electron chi connectivity index (χ0n) is 19.2. The summed E-state index contributed by atoms with van der Waals surface area (Å²) >= 11 is 0. The van der Waals surface area contributed by atoms with E-state index in [1.165, 1.54) is 32.1 Å². The van der Waals surface area contributed by atoms with E-state index in [0.717, 1.165) is 41.4 Å². The van der Waals surface area contributed by atoms with Gasteiger partial charge in [-0.1, -0.05) is 66.7 Å².